The van der Waals surface area contributed by atoms with Crippen LogP contribution in [0.4, 0.5) is 0 Å². The monoisotopic (exact) mass is 188 g/mol. The highest BCUT2D eigenvalue weighted by Crippen LogP contribution is 2.26. The number of fused-ring (bicyclic) bond motifs is 1. The van der Waals surface area contributed by atoms with Gasteiger partial charge in [0.1, 0.15) is 0 Å². The molecule has 0 aromatic heterocycles. The molecule has 74 valence electrons. The SMILES string of the molecule is CC(C)C(=O)c1cccc2c1CCC2. The number of carbonyl (C=O) groups excluding carboxylic acids is 1. The third-order valence-electron chi connectivity index (χ3n) is 2.94. The molecular formula is C13H16O. The van der Waals surface area contributed by atoms with Crippen LogP contribution in [-0.4, -0.2) is 5.78 Å². The zero-order valence-corrected chi connectivity index (χ0v) is 8.84. The summed E-state index contributed by atoms with van der Waals surface area (Å²) >= 11 is 0. The van der Waals surface area contributed by atoms with Gasteiger partial charge in [-0.25, -0.2) is 0 Å². The molecule has 0 amide bonds. The minimum absolute atomic E-state index is 0.113. The summed E-state index contributed by atoms with van der Waals surface area (Å²) in [6, 6.07) is 6.14. The van der Waals surface area contributed by atoms with E-state index >= 15 is 0 Å². The average Bonchev–Trinajstić information content (AvgIpc) is 2.63. The minimum Gasteiger partial charge on any atom is -0.294 e. The smallest absolute Gasteiger partial charge is 0.165 e. The van der Waals surface area contributed by atoms with Gasteiger partial charge in [0, 0.05) is 11.5 Å². The Balaban J connectivity index is 2.44. The van der Waals surface area contributed by atoms with Gasteiger partial charge in [-0.05, 0) is 30.4 Å². The predicted octanol–water partition coefficient (Wildman–Crippen LogP) is 3.01. The van der Waals surface area contributed by atoms with Crippen molar-refractivity contribution in [3.8, 4) is 0 Å². The van der Waals surface area contributed by atoms with Crippen molar-refractivity contribution in [2.45, 2.75) is 33.1 Å². The number of hydrogen-bond acceptors (Lipinski definition) is 1. The molecule has 0 N–H and O–H groups in total. The Morgan fingerprint density at radius 1 is 1.29 bits per heavy atom. The van der Waals surface area contributed by atoms with Crippen LogP contribution in [0.3, 0.4) is 0 Å². The highest BCUT2D eigenvalue weighted by atomic mass is 16.1. The fourth-order valence-corrected chi connectivity index (χ4v) is 2.16. The van der Waals surface area contributed by atoms with Gasteiger partial charge in [0.2, 0.25) is 0 Å². The van der Waals surface area contributed by atoms with E-state index in [0.29, 0.717) is 5.78 Å². The highest BCUT2D eigenvalue weighted by molar-refractivity contribution is 5.99. The van der Waals surface area contributed by atoms with Gasteiger partial charge in [-0.3, -0.25) is 4.79 Å². The van der Waals surface area contributed by atoms with Crippen molar-refractivity contribution in [3.63, 3.8) is 0 Å². The van der Waals surface area contributed by atoms with E-state index < -0.39 is 0 Å². The second-order valence-electron chi connectivity index (χ2n) is 4.32. The Morgan fingerprint density at radius 3 is 2.79 bits per heavy atom. The summed E-state index contributed by atoms with van der Waals surface area (Å²) in [6.07, 6.45) is 3.44. The topological polar surface area (TPSA) is 17.1 Å². The van der Waals surface area contributed by atoms with Crippen molar-refractivity contribution in [1.29, 1.82) is 0 Å². The van der Waals surface area contributed by atoms with Crippen LogP contribution in [0.5, 0.6) is 0 Å². The quantitative estimate of drug-likeness (QED) is 0.652. The summed E-state index contributed by atoms with van der Waals surface area (Å²) in [5.74, 6) is 0.408. The predicted molar refractivity (Wildman–Crippen MR) is 57.6 cm³/mol. The molecule has 0 unspecified atom stereocenters. The van der Waals surface area contributed by atoms with Crippen LogP contribution in [-0.2, 0) is 12.8 Å². The van der Waals surface area contributed by atoms with Gasteiger partial charge in [0.05, 0.1) is 0 Å². The Kier molecular flexibility index (Phi) is 2.40. The van der Waals surface area contributed by atoms with E-state index in [4.69, 9.17) is 0 Å². The molecule has 0 atom stereocenters. The summed E-state index contributed by atoms with van der Waals surface area (Å²) in [5.41, 5.74) is 3.66. The third-order valence-corrected chi connectivity index (χ3v) is 2.94. The first-order valence-electron chi connectivity index (χ1n) is 5.35. The zero-order chi connectivity index (χ0) is 10.1. The van der Waals surface area contributed by atoms with Crippen LogP contribution in [0, 0.1) is 5.92 Å². The molecule has 0 fully saturated rings. The Hall–Kier alpha value is -1.11. The largest absolute Gasteiger partial charge is 0.294 e. The van der Waals surface area contributed by atoms with Gasteiger partial charge in [-0.15, -0.1) is 0 Å². The standard InChI is InChI=1S/C13H16O/c1-9(2)13(14)12-8-4-6-10-5-3-7-11(10)12/h4,6,8-9H,3,5,7H2,1-2H3. The molecule has 0 spiro atoms. The van der Waals surface area contributed by atoms with Crippen molar-refractivity contribution < 1.29 is 4.79 Å². The van der Waals surface area contributed by atoms with Crippen molar-refractivity contribution in [2.75, 3.05) is 0 Å². The van der Waals surface area contributed by atoms with E-state index in [2.05, 4.69) is 6.07 Å². The van der Waals surface area contributed by atoms with E-state index in [-0.39, 0.29) is 5.92 Å². The summed E-state index contributed by atoms with van der Waals surface area (Å²) in [5, 5.41) is 0. The number of rotatable bonds is 2. The first-order valence-corrected chi connectivity index (χ1v) is 5.35. The number of aryl methyl sites for hydroxylation is 1. The number of carbonyl (C=O) groups is 1. The van der Waals surface area contributed by atoms with Crippen LogP contribution in [0.25, 0.3) is 0 Å². The van der Waals surface area contributed by atoms with Crippen LogP contribution in [0.2, 0.25) is 0 Å². The lowest BCUT2D eigenvalue weighted by molar-refractivity contribution is 0.0938. The van der Waals surface area contributed by atoms with E-state index in [9.17, 15) is 4.79 Å². The van der Waals surface area contributed by atoms with E-state index in [1.165, 1.54) is 17.5 Å². The lowest BCUT2D eigenvalue weighted by atomic mass is 9.94. The first kappa shape index (κ1) is 9.45. The Morgan fingerprint density at radius 2 is 2.07 bits per heavy atom. The number of ketones is 1. The van der Waals surface area contributed by atoms with Crippen molar-refractivity contribution in [3.05, 3.63) is 34.9 Å². The molecule has 2 rings (SSSR count). The second kappa shape index (κ2) is 3.56. The molecule has 1 aliphatic carbocycles. The fourth-order valence-electron chi connectivity index (χ4n) is 2.16. The second-order valence-corrected chi connectivity index (χ2v) is 4.32. The Labute approximate surface area is 85.1 Å². The van der Waals surface area contributed by atoms with Crippen LogP contribution in [0.15, 0.2) is 18.2 Å². The lowest BCUT2D eigenvalue weighted by Gasteiger charge is -2.09. The molecule has 14 heavy (non-hydrogen) atoms. The van der Waals surface area contributed by atoms with Crippen LogP contribution in [0.1, 0.15) is 41.8 Å². The minimum atomic E-state index is 0.113. The third kappa shape index (κ3) is 1.47. The van der Waals surface area contributed by atoms with Gasteiger partial charge >= 0.3 is 0 Å². The van der Waals surface area contributed by atoms with Crippen molar-refractivity contribution in [2.24, 2.45) is 5.92 Å². The maximum absolute atomic E-state index is 11.9. The number of benzene rings is 1. The van der Waals surface area contributed by atoms with Gasteiger partial charge in [0.15, 0.2) is 5.78 Å². The molecule has 0 aliphatic heterocycles. The summed E-state index contributed by atoms with van der Waals surface area (Å²) in [7, 11) is 0. The molecule has 1 aromatic carbocycles. The molecule has 0 saturated carbocycles. The summed E-state index contributed by atoms with van der Waals surface area (Å²) < 4.78 is 0. The van der Waals surface area contributed by atoms with Gasteiger partial charge < -0.3 is 0 Å². The van der Waals surface area contributed by atoms with Crippen LogP contribution < -0.4 is 0 Å². The molecule has 0 bridgehead atoms. The molecular weight excluding hydrogens is 172 g/mol. The lowest BCUT2D eigenvalue weighted by Crippen LogP contribution is -2.10. The summed E-state index contributed by atoms with van der Waals surface area (Å²) in [4.78, 5) is 11.9. The Bertz CT molecular complexity index is 363. The van der Waals surface area contributed by atoms with Gasteiger partial charge in [-0.2, -0.15) is 0 Å². The normalized spacial score (nSPS) is 14.5. The molecule has 1 heteroatoms. The molecule has 0 heterocycles. The van der Waals surface area contributed by atoms with Crippen molar-refractivity contribution >= 4 is 5.78 Å². The highest BCUT2D eigenvalue weighted by Gasteiger charge is 2.19. The summed E-state index contributed by atoms with van der Waals surface area (Å²) in [6.45, 7) is 3.94. The first-order chi connectivity index (χ1) is 6.70. The van der Waals surface area contributed by atoms with E-state index in [1.54, 1.807) is 0 Å². The average molecular weight is 188 g/mol. The maximum Gasteiger partial charge on any atom is 0.165 e. The molecule has 0 radical (unpaired) electrons. The van der Waals surface area contributed by atoms with Gasteiger partial charge in [0.25, 0.3) is 0 Å². The van der Waals surface area contributed by atoms with Crippen LogP contribution >= 0.6 is 0 Å². The number of Topliss-reactive ketones (excluding diaryl/α,β-unsaturated/α-hetero) is 1. The maximum atomic E-state index is 11.9. The zero-order valence-electron chi connectivity index (χ0n) is 8.84. The molecule has 1 aliphatic rings. The molecule has 1 aromatic rings. The fraction of sp³-hybridized carbons (Fsp3) is 0.462. The van der Waals surface area contributed by atoms with Gasteiger partial charge in [-0.1, -0.05) is 32.0 Å². The molecule has 1 nitrogen and oxygen atoms in total. The number of hydrogen-bond donors (Lipinski definition) is 0. The van der Waals surface area contributed by atoms with Crippen molar-refractivity contribution in [1.82, 2.24) is 0 Å². The molecule has 0 saturated heterocycles. The van der Waals surface area contributed by atoms with E-state index in [1.807, 2.05) is 26.0 Å². The van der Waals surface area contributed by atoms with E-state index in [0.717, 1.165) is 18.4 Å².